The minimum atomic E-state index is -1.47. The van der Waals surface area contributed by atoms with Gasteiger partial charge >= 0.3 is 7.12 Å². The molecule has 2 N–H and O–H groups in total. The molecule has 0 unspecified atom stereocenters. The molecule has 0 spiro atoms. The number of fused-ring (bicyclic) bond motifs is 1. The molecular formula is C12H15BN2O3. The van der Waals surface area contributed by atoms with Gasteiger partial charge in [-0.25, -0.2) is 4.68 Å². The van der Waals surface area contributed by atoms with Crippen LogP contribution in [0.15, 0.2) is 24.4 Å². The number of benzene rings is 1. The Morgan fingerprint density at radius 3 is 2.94 bits per heavy atom. The fraction of sp³-hybridized carbons (Fsp3) is 0.417. The molecule has 0 bridgehead atoms. The monoisotopic (exact) mass is 246 g/mol. The minimum absolute atomic E-state index is 0.0395. The highest BCUT2D eigenvalue weighted by molar-refractivity contribution is 6.61. The quantitative estimate of drug-likeness (QED) is 0.753. The summed E-state index contributed by atoms with van der Waals surface area (Å²) >= 11 is 0. The molecule has 0 radical (unpaired) electrons. The smallest absolute Gasteiger partial charge is 0.423 e. The van der Waals surface area contributed by atoms with Crippen molar-refractivity contribution < 1.29 is 14.8 Å². The van der Waals surface area contributed by atoms with E-state index in [0.717, 1.165) is 36.8 Å². The van der Waals surface area contributed by atoms with Crippen molar-refractivity contribution in [1.82, 2.24) is 9.78 Å². The van der Waals surface area contributed by atoms with Crippen LogP contribution in [0.1, 0.15) is 25.5 Å². The van der Waals surface area contributed by atoms with Crippen molar-refractivity contribution in [2.75, 3.05) is 6.61 Å². The molecule has 2 heterocycles. The maximum atomic E-state index is 9.33. The molecule has 1 saturated heterocycles. The summed E-state index contributed by atoms with van der Waals surface area (Å²) in [5.41, 5.74) is 1.36. The summed E-state index contributed by atoms with van der Waals surface area (Å²) in [6.45, 7) is 0.758. The highest BCUT2D eigenvalue weighted by atomic mass is 16.5. The first kappa shape index (κ1) is 11.7. The van der Waals surface area contributed by atoms with Gasteiger partial charge in [0.05, 0.1) is 11.7 Å². The Balaban J connectivity index is 2.06. The van der Waals surface area contributed by atoms with E-state index in [0.29, 0.717) is 5.46 Å². The van der Waals surface area contributed by atoms with Gasteiger partial charge in [-0.3, -0.25) is 0 Å². The zero-order chi connectivity index (χ0) is 12.5. The average molecular weight is 246 g/mol. The summed E-state index contributed by atoms with van der Waals surface area (Å²) in [5, 5.41) is 23.8. The Labute approximate surface area is 105 Å². The van der Waals surface area contributed by atoms with E-state index < -0.39 is 7.12 Å². The van der Waals surface area contributed by atoms with Crippen LogP contribution >= 0.6 is 0 Å². The van der Waals surface area contributed by atoms with Crippen LogP contribution in [-0.2, 0) is 4.74 Å². The van der Waals surface area contributed by atoms with E-state index in [-0.39, 0.29) is 6.23 Å². The Morgan fingerprint density at radius 2 is 2.22 bits per heavy atom. The zero-order valence-corrected chi connectivity index (χ0v) is 9.99. The number of ether oxygens (including phenoxy) is 1. The summed E-state index contributed by atoms with van der Waals surface area (Å²) in [4.78, 5) is 0. The van der Waals surface area contributed by atoms with Crippen LogP contribution in [0, 0.1) is 0 Å². The molecule has 1 fully saturated rings. The largest absolute Gasteiger partial charge is 0.489 e. The number of hydrogen-bond acceptors (Lipinski definition) is 4. The molecule has 1 aromatic carbocycles. The van der Waals surface area contributed by atoms with Crippen LogP contribution in [-0.4, -0.2) is 33.6 Å². The average Bonchev–Trinajstić information content (AvgIpc) is 2.83. The fourth-order valence-corrected chi connectivity index (χ4v) is 2.46. The van der Waals surface area contributed by atoms with Crippen LogP contribution in [0.5, 0.6) is 0 Å². The van der Waals surface area contributed by atoms with Gasteiger partial charge in [0, 0.05) is 12.0 Å². The highest BCUT2D eigenvalue weighted by Crippen LogP contribution is 2.25. The van der Waals surface area contributed by atoms with Crippen molar-refractivity contribution in [3.63, 3.8) is 0 Å². The van der Waals surface area contributed by atoms with Gasteiger partial charge in [-0.05, 0) is 30.8 Å². The molecule has 1 aromatic heterocycles. The normalized spacial score (nSPS) is 20.2. The lowest BCUT2D eigenvalue weighted by atomic mass is 9.78. The molecule has 2 aromatic rings. The lowest BCUT2D eigenvalue weighted by Gasteiger charge is -2.23. The molecule has 18 heavy (non-hydrogen) atoms. The molecule has 3 rings (SSSR count). The first-order valence-electron chi connectivity index (χ1n) is 6.21. The number of rotatable bonds is 2. The summed E-state index contributed by atoms with van der Waals surface area (Å²) in [7, 11) is -1.47. The second kappa shape index (κ2) is 4.72. The van der Waals surface area contributed by atoms with E-state index in [1.54, 1.807) is 18.3 Å². The van der Waals surface area contributed by atoms with E-state index in [9.17, 15) is 10.0 Å². The Hall–Kier alpha value is -1.37. The van der Waals surface area contributed by atoms with Crippen LogP contribution in [0.2, 0.25) is 0 Å². The van der Waals surface area contributed by atoms with Gasteiger partial charge in [0.2, 0.25) is 0 Å². The van der Waals surface area contributed by atoms with Crippen LogP contribution < -0.4 is 5.46 Å². The van der Waals surface area contributed by atoms with Crippen molar-refractivity contribution in [3.05, 3.63) is 24.4 Å². The van der Waals surface area contributed by atoms with Gasteiger partial charge in [0.15, 0.2) is 6.23 Å². The third-order valence-electron chi connectivity index (χ3n) is 3.38. The summed E-state index contributed by atoms with van der Waals surface area (Å²) in [6, 6.07) is 5.42. The Kier molecular flexibility index (Phi) is 3.07. The Morgan fingerprint density at radius 1 is 1.33 bits per heavy atom. The van der Waals surface area contributed by atoms with Gasteiger partial charge in [0.25, 0.3) is 0 Å². The summed E-state index contributed by atoms with van der Waals surface area (Å²) < 4.78 is 7.54. The van der Waals surface area contributed by atoms with Gasteiger partial charge in [-0.2, -0.15) is 5.10 Å². The molecule has 1 atom stereocenters. The second-order valence-corrected chi connectivity index (χ2v) is 4.56. The molecule has 94 valence electrons. The number of aromatic nitrogens is 2. The van der Waals surface area contributed by atoms with Crippen molar-refractivity contribution in [1.29, 1.82) is 0 Å². The van der Waals surface area contributed by atoms with E-state index in [1.807, 2.05) is 10.7 Å². The van der Waals surface area contributed by atoms with Crippen LogP contribution in [0.3, 0.4) is 0 Å². The molecule has 6 heteroatoms. The molecule has 1 aliphatic heterocycles. The summed E-state index contributed by atoms with van der Waals surface area (Å²) in [5.74, 6) is 0. The molecule has 0 amide bonds. The molecule has 5 nitrogen and oxygen atoms in total. The lowest BCUT2D eigenvalue weighted by Crippen LogP contribution is -2.30. The topological polar surface area (TPSA) is 67.5 Å². The maximum absolute atomic E-state index is 9.33. The second-order valence-electron chi connectivity index (χ2n) is 4.56. The molecule has 0 aliphatic carbocycles. The molecule has 0 saturated carbocycles. The SMILES string of the molecule is OB(O)c1cccc2c1cnn2[C@H]1CCCCO1. The highest BCUT2D eigenvalue weighted by Gasteiger charge is 2.21. The van der Waals surface area contributed by atoms with E-state index in [2.05, 4.69) is 5.10 Å². The van der Waals surface area contributed by atoms with Crippen molar-refractivity contribution >= 4 is 23.5 Å². The standard InChI is InChI=1S/C12H15BN2O3/c16-13(17)10-4-3-5-11-9(10)8-14-15(11)12-6-1-2-7-18-12/h3-5,8,12,16-17H,1-2,6-7H2/t12-/m1/s1. The van der Waals surface area contributed by atoms with Crippen molar-refractivity contribution in [3.8, 4) is 0 Å². The van der Waals surface area contributed by atoms with Gasteiger partial charge in [-0.15, -0.1) is 0 Å². The number of hydrogen-bond donors (Lipinski definition) is 2. The van der Waals surface area contributed by atoms with E-state index in [4.69, 9.17) is 4.74 Å². The van der Waals surface area contributed by atoms with Crippen LogP contribution in [0.25, 0.3) is 10.9 Å². The van der Waals surface area contributed by atoms with Crippen LogP contribution in [0.4, 0.5) is 0 Å². The van der Waals surface area contributed by atoms with Gasteiger partial charge in [-0.1, -0.05) is 12.1 Å². The summed E-state index contributed by atoms with van der Waals surface area (Å²) in [6.07, 6.45) is 4.80. The van der Waals surface area contributed by atoms with Crippen molar-refractivity contribution in [2.24, 2.45) is 0 Å². The third-order valence-corrected chi connectivity index (χ3v) is 3.38. The fourth-order valence-electron chi connectivity index (χ4n) is 2.46. The third kappa shape index (κ3) is 1.92. The minimum Gasteiger partial charge on any atom is -0.423 e. The maximum Gasteiger partial charge on any atom is 0.489 e. The van der Waals surface area contributed by atoms with Crippen molar-refractivity contribution in [2.45, 2.75) is 25.5 Å². The first-order valence-corrected chi connectivity index (χ1v) is 6.21. The van der Waals surface area contributed by atoms with Gasteiger partial charge in [0.1, 0.15) is 0 Å². The van der Waals surface area contributed by atoms with E-state index in [1.165, 1.54) is 0 Å². The molecular weight excluding hydrogens is 231 g/mol. The lowest BCUT2D eigenvalue weighted by molar-refractivity contribution is -0.0366. The number of nitrogens with zero attached hydrogens (tertiary/aromatic N) is 2. The predicted molar refractivity (Wildman–Crippen MR) is 68.4 cm³/mol. The Bertz CT molecular complexity index is 549. The zero-order valence-electron chi connectivity index (χ0n) is 9.99. The van der Waals surface area contributed by atoms with E-state index >= 15 is 0 Å². The van der Waals surface area contributed by atoms with Gasteiger partial charge < -0.3 is 14.8 Å². The first-order chi connectivity index (χ1) is 8.77. The molecule has 1 aliphatic rings. The predicted octanol–water partition coefficient (Wildman–Crippen LogP) is 0.415.